The van der Waals surface area contributed by atoms with Gasteiger partial charge in [0, 0.05) is 5.75 Å². The van der Waals surface area contributed by atoms with Gasteiger partial charge in [-0.1, -0.05) is 25.8 Å². The maximum absolute atomic E-state index is 5.19. The minimum Gasteiger partial charge on any atom is -0.278 e. The second-order valence-electron chi connectivity index (χ2n) is 2.05. The largest absolute Gasteiger partial charge is 0.278 e. The van der Waals surface area contributed by atoms with Gasteiger partial charge in [-0.15, -0.1) is 0 Å². The van der Waals surface area contributed by atoms with Crippen molar-refractivity contribution in [1.29, 1.82) is 0 Å². The van der Waals surface area contributed by atoms with E-state index in [1.807, 2.05) is 0 Å². The van der Waals surface area contributed by atoms with Gasteiger partial charge < -0.3 is 0 Å². The second kappa shape index (κ2) is 4.47. The quantitative estimate of drug-likeness (QED) is 0.571. The molecule has 0 rings (SSSR count). The van der Waals surface area contributed by atoms with Crippen LogP contribution in [0.15, 0.2) is 0 Å². The van der Waals surface area contributed by atoms with Crippen LogP contribution in [0.3, 0.4) is 0 Å². The van der Waals surface area contributed by atoms with Gasteiger partial charge in [-0.3, -0.25) is 5.14 Å². The first kappa shape index (κ1) is 7.31. The van der Waals surface area contributed by atoms with E-state index in [9.17, 15) is 0 Å². The molecular formula is C5H13NS. The summed E-state index contributed by atoms with van der Waals surface area (Å²) in [7, 11) is 0. The first-order chi connectivity index (χ1) is 3.27. The van der Waals surface area contributed by atoms with Crippen LogP contribution in [0.2, 0.25) is 0 Å². The highest BCUT2D eigenvalue weighted by Gasteiger charge is 1.89. The van der Waals surface area contributed by atoms with Crippen LogP contribution in [0, 0.1) is 5.92 Å². The lowest BCUT2D eigenvalue weighted by Gasteiger charge is -1.98. The van der Waals surface area contributed by atoms with E-state index in [1.165, 1.54) is 18.4 Å². The Kier molecular flexibility index (Phi) is 4.67. The van der Waals surface area contributed by atoms with Crippen molar-refractivity contribution >= 4 is 11.9 Å². The van der Waals surface area contributed by atoms with E-state index in [-0.39, 0.29) is 0 Å². The summed E-state index contributed by atoms with van der Waals surface area (Å²) in [5.41, 5.74) is 0. The van der Waals surface area contributed by atoms with Gasteiger partial charge in [0.2, 0.25) is 0 Å². The minimum absolute atomic E-state index is 0.802. The lowest BCUT2D eigenvalue weighted by molar-refractivity contribution is 0.632. The zero-order valence-electron chi connectivity index (χ0n) is 4.98. The summed E-state index contributed by atoms with van der Waals surface area (Å²) in [4.78, 5) is 0. The highest BCUT2D eigenvalue weighted by Crippen LogP contribution is 2.01. The predicted octanol–water partition coefficient (Wildman–Crippen LogP) is 1.64. The molecule has 0 aliphatic carbocycles. The fourth-order valence-corrected chi connectivity index (χ4v) is 0.911. The third-order valence-corrected chi connectivity index (χ3v) is 1.28. The summed E-state index contributed by atoms with van der Waals surface area (Å²) in [6.45, 7) is 4.41. The van der Waals surface area contributed by atoms with Crippen molar-refractivity contribution in [1.82, 2.24) is 0 Å². The van der Waals surface area contributed by atoms with Crippen molar-refractivity contribution < 1.29 is 0 Å². The van der Waals surface area contributed by atoms with Crippen molar-refractivity contribution in [2.45, 2.75) is 20.3 Å². The maximum Gasteiger partial charge on any atom is 0.00788 e. The normalized spacial score (nSPS) is 10.3. The molecule has 44 valence electrons. The molecule has 0 saturated heterocycles. The number of hydrogen-bond acceptors (Lipinski definition) is 2. The molecule has 0 aromatic carbocycles. The zero-order valence-corrected chi connectivity index (χ0v) is 5.79. The van der Waals surface area contributed by atoms with E-state index in [1.54, 1.807) is 0 Å². The summed E-state index contributed by atoms with van der Waals surface area (Å²) in [6, 6.07) is 0. The molecule has 0 aliphatic rings. The third kappa shape index (κ3) is 6.31. The van der Waals surface area contributed by atoms with Gasteiger partial charge in [0.15, 0.2) is 0 Å². The molecule has 0 aliphatic heterocycles. The van der Waals surface area contributed by atoms with E-state index >= 15 is 0 Å². The Hall–Kier alpha value is 0.310. The molecule has 0 amide bonds. The van der Waals surface area contributed by atoms with E-state index in [0.717, 1.165) is 11.7 Å². The predicted molar refractivity (Wildman–Crippen MR) is 36.1 cm³/mol. The highest BCUT2D eigenvalue weighted by atomic mass is 32.2. The van der Waals surface area contributed by atoms with Crippen LogP contribution in [0.25, 0.3) is 0 Å². The SMILES string of the molecule is CC(C)CCSN. The molecule has 0 bridgehead atoms. The third-order valence-electron chi connectivity index (χ3n) is 0.813. The first-order valence-electron chi connectivity index (χ1n) is 2.59. The fraction of sp³-hybridized carbons (Fsp3) is 1.00. The second-order valence-corrected chi connectivity index (χ2v) is 2.79. The average molecular weight is 119 g/mol. The van der Waals surface area contributed by atoms with Crippen LogP contribution in [0.1, 0.15) is 20.3 Å². The molecule has 0 atom stereocenters. The van der Waals surface area contributed by atoms with Gasteiger partial charge in [0.25, 0.3) is 0 Å². The molecule has 0 aromatic heterocycles. The fourth-order valence-electron chi connectivity index (χ4n) is 0.304. The Labute approximate surface area is 49.8 Å². The summed E-state index contributed by atoms with van der Waals surface area (Å²) in [5.74, 6) is 1.90. The van der Waals surface area contributed by atoms with Crippen molar-refractivity contribution in [3.8, 4) is 0 Å². The smallest absolute Gasteiger partial charge is 0.00788 e. The van der Waals surface area contributed by atoms with Gasteiger partial charge in [-0.05, 0) is 12.3 Å². The average Bonchev–Trinajstić information content (AvgIpc) is 1.61. The Morgan fingerprint density at radius 3 is 2.29 bits per heavy atom. The van der Waals surface area contributed by atoms with E-state index in [0.29, 0.717) is 0 Å². The highest BCUT2D eigenvalue weighted by molar-refractivity contribution is 7.97. The molecule has 0 spiro atoms. The topological polar surface area (TPSA) is 26.0 Å². The lowest BCUT2D eigenvalue weighted by atomic mass is 10.2. The van der Waals surface area contributed by atoms with Crippen molar-refractivity contribution in [3.63, 3.8) is 0 Å². The molecule has 0 unspecified atom stereocenters. The monoisotopic (exact) mass is 119 g/mol. The molecular weight excluding hydrogens is 106 g/mol. The summed E-state index contributed by atoms with van der Waals surface area (Å²) < 4.78 is 0. The zero-order chi connectivity index (χ0) is 5.70. The number of rotatable bonds is 3. The first-order valence-corrected chi connectivity index (χ1v) is 3.64. The van der Waals surface area contributed by atoms with Crippen LogP contribution in [0.5, 0.6) is 0 Å². The van der Waals surface area contributed by atoms with Gasteiger partial charge >= 0.3 is 0 Å². The standard InChI is InChI=1S/C5H13NS/c1-5(2)3-4-7-6/h5H,3-4,6H2,1-2H3. The van der Waals surface area contributed by atoms with Gasteiger partial charge in [0.05, 0.1) is 0 Å². The molecule has 0 aromatic rings. The summed E-state index contributed by atoms with van der Waals surface area (Å²) >= 11 is 1.43. The van der Waals surface area contributed by atoms with Crippen LogP contribution < -0.4 is 5.14 Å². The Bertz CT molecular complexity index is 37.1. The Morgan fingerprint density at radius 1 is 1.57 bits per heavy atom. The molecule has 2 N–H and O–H groups in total. The molecule has 7 heavy (non-hydrogen) atoms. The Morgan fingerprint density at radius 2 is 2.14 bits per heavy atom. The number of nitrogens with two attached hydrogens (primary N) is 1. The summed E-state index contributed by atoms with van der Waals surface area (Å²) in [5, 5.41) is 5.19. The molecule has 0 fully saturated rings. The summed E-state index contributed by atoms with van der Waals surface area (Å²) in [6.07, 6.45) is 1.24. The van der Waals surface area contributed by atoms with Crippen molar-refractivity contribution in [3.05, 3.63) is 0 Å². The number of hydrogen-bond donors (Lipinski definition) is 1. The van der Waals surface area contributed by atoms with Crippen molar-refractivity contribution in [2.24, 2.45) is 11.1 Å². The van der Waals surface area contributed by atoms with E-state index in [4.69, 9.17) is 5.14 Å². The van der Waals surface area contributed by atoms with Crippen LogP contribution in [-0.4, -0.2) is 5.75 Å². The molecule has 2 heteroatoms. The van der Waals surface area contributed by atoms with E-state index < -0.39 is 0 Å². The van der Waals surface area contributed by atoms with Crippen molar-refractivity contribution in [2.75, 3.05) is 5.75 Å². The maximum atomic E-state index is 5.19. The molecule has 0 heterocycles. The van der Waals surface area contributed by atoms with Crippen LogP contribution >= 0.6 is 11.9 Å². The van der Waals surface area contributed by atoms with Gasteiger partial charge in [-0.2, -0.15) is 0 Å². The van der Waals surface area contributed by atoms with Gasteiger partial charge in [0.1, 0.15) is 0 Å². The van der Waals surface area contributed by atoms with Gasteiger partial charge in [-0.25, -0.2) is 0 Å². The lowest BCUT2D eigenvalue weighted by Crippen LogP contribution is -1.91. The molecule has 1 nitrogen and oxygen atoms in total. The molecule has 0 saturated carbocycles. The minimum atomic E-state index is 0.802. The van der Waals surface area contributed by atoms with Crippen LogP contribution in [0.4, 0.5) is 0 Å². The van der Waals surface area contributed by atoms with Crippen LogP contribution in [-0.2, 0) is 0 Å². The Balaban J connectivity index is 2.68. The van der Waals surface area contributed by atoms with E-state index in [2.05, 4.69) is 13.8 Å². The molecule has 0 radical (unpaired) electrons.